The lowest BCUT2D eigenvalue weighted by Gasteiger charge is -2.10. The van der Waals surface area contributed by atoms with Crippen LogP contribution in [0.4, 0.5) is 0 Å². The molecular weight excluding hydrogens is 410 g/mol. The molecule has 0 aliphatic rings. The molecule has 0 aliphatic carbocycles. The van der Waals surface area contributed by atoms with Crippen LogP contribution >= 0.6 is 11.6 Å². The lowest BCUT2D eigenvalue weighted by Crippen LogP contribution is -2.25. The number of nitrogens with zero attached hydrogens (tertiary/aromatic N) is 2. The molecular formula is C25H22ClN3O2. The van der Waals surface area contributed by atoms with Crippen molar-refractivity contribution in [3.63, 3.8) is 0 Å². The van der Waals surface area contributed by atoms with Crippen LogP contribution in [0.3, 0.4) is 0 Å². The lowest BCUT2D eigenvalue weighted by molar-refractivity contribution is -0.121. The summed E-state index contributed by atoms with van der Waals surface area (Å²) >= 11 is 5.93. The third-order valence-corrected chi connectivity index (χ3v) is 5.38. The molecule has 0 fully saturated rings. The van der Waals surface area contributed by atoms with Crippen LogP contribution in [0.5, 0.6) is 0 Å². The predicted octanol–water partition coefficient (Wildman–Crippen LogP) is 4.82. The summed E-state index contributed by atoms with van der Waals surface area (Å²) in [6, 6.07) is 24.4. The van der Waals surface area contributed by atoms with Gasteiger partial charge in [-0.2, -0.15) is 0 Å². The number of nitrogens with one attached hydrogen (secondary N) is 1. The molecule has 0 saturated carbocycles. The van der Waals surface area contributed by atoms with E-state index in [9.17, 15) is 9.59 Å². The molecule has 156 valence electrons. The van der Waals surface area contributed by atoms with Crippen LogP contribution in [0.25, 0.3) is 11.0 Å². The standard InChI is InChI=1S/C25H22ClN3O2/c26-20-13-11-19(12-14-20)23(30)17-29-22-9-5-4-8-21(22)28-24(29)16-27-25(31)15-10-18-6-2-1-3-7-18/h1-9,11-14H,10,15-17H2,(H,27,31). The molecule has 0 atom stereocenters. The molecule has 1 aromatic heterocycles. The molecule has 0 saturated heterocycles. The Morgan fingerprint density at radius 1 is 0.903 bits per heavy atom. The van der Waals surface area contributed by atoms with Crippen molar-refractivity contribution in [2.24, 2.45) is 0 Å². The van der Waals surface area contributed by atoms with Crippen LogP contribution in [0, 0.1) is 0 Å². The maximum atomic E-state index is 12.8. The second-order valence-corrected chi connectivity index (χ2v) is 7.73. The van der Waals surface area contributed by atoms with Crippen LogP contribution < -0.4 is 5.32 Å². The lowest BCUT2D eigenvalue weighted by atomic mass is 10.1. The molecule has 6 heteroatoms. The fourth-order valence-corrected chi connectivity index (χ4v) is 3.60. The smallest absolute Gasteiger partial charge is 0.220 e. The van der Waals surface area contributed by atoms with Crippen molar-refractivity contribution in [3.05, 3.63) is 101 Å². The van der Waals surface area contributed by atoms with E-state index in [4.69, 9.17) is 11.6 Å². The number of hydrogen-bond acceptors (Lipinski definition) is 3. The molecule has 0 unspecified atom stereocenters. The number of carbonyl (C=O) groups is 2. The summed E-state index contributed by atoms with van der Waals surface area (Å²) in [7, 11) is 0. The number of hydrogen-bond donors (Lipinski definition) is 1. The summed E-state index contributed by atoms with van der Waals surface area (Å²) in [5, 5.41) is 3.53. The van der Waals surface area contributed by atoms with E-state index in [1.807, 2.05) is 59.2 Å². The average molecular weight is 432 g/mol. The van der Waals surface area contributed by atoms with Crippen LogP contribution in [0.15, 0.2) is 78.9 Å². The Balaban J connectivity index is 1.47. The summed E-state index contributed by atoms with van der Waals surface area (Å²) in [6.45, 7) is 0.396. The number of benzene rings is 3. The minimum Gasteiger partial charge on any atom is -0.349 e. The zero-order valence-electron chi connectivity index (χ0n) is 16.9. The number of para-hydroxylation sites is 2. The normalized spacial score (nSPS) is 10.9. The minimum absolute atomic E-state index is 0.0449. The molecule has 0 bridgehead atoms. The van der Waals surface area contributed by atoms with E-state index >= 15 is 0 Å². The van der Waals surface area contributed by atoms with E-state index in [1.54, 1.807) is 24.3 Å². The van der Waals surface area contributed by atoms with Crippen molar-refractivity contribution in [2.45, 2.75) is 25.9 Å². The quantitative estimate of drug-likeness (QED) is 0.407. The zero-order valence-corrected chi connectivity index (χ0v) is 17.7. The van der Waals surface area contributed by atoms with E-state index in [0.717, 1.165) is 16.6 Å². The Kier molecular flexibility index (Phi) is 6.43. The van der Waals surface area contributed by atoms with Gasteiger partial charge in [0.05, 0.1) is 24.1 Å². The van der Waals surface area contributed by atoms with Gasteiger partial charge >= 0.3 is 0 Å². The van der Waals surface area contributed by atoms with Gasteiger partial charge in [0, 0.05) is 17.0 Å². The van der Waals surface area contributed by atoms with Gasteiger partial charge < -0.3 is 9.88 Å². The third kappa shape index (κ3) is 5.19. The topological polar surface area (TPSA) is 64.0 Å². The van der Waals surface area contributed by atoms with E-state index in [1.165, 1.54) is 0 Å². The molecule has 4 aromatic rings. The molecule has 1 N–H and O–H groups in total. The van der Waals surface area contributed by atoms with Gasteiger partial charge in [0.15, 0.2) is 5.78 Å². The van der Waals surface area contributed by atoms with Gasteiger partial charge in [-0.3, -0.25) is 9.59 Å². The van der Waals surface area contributed by atoms with Crippen LogP contribution in [0.2, 0.25) is 5.02 Å². The van der Waals surface area contributed by atoms with Gasteiger partial charge in [-0.15, -0.1) is 0 Å². The number of fused-ring (bicyclic) bond motifs is 1. The molecule has 0 radical (unpaired) electrons. The van der Waals surface area contributed by atoms with E-state index in [-0.39, 0.29) is 24.8 Å². The Bertz CT molecular complexity index is 1200. The number of aryl methyl sites for hydroxylation is 1. The maximum Gasteiger partial charge on any atom is 0.220 e. The second kappa shape index (κ2) is 9.58. The van der Waals surface area contributed by atoms with Crippen molar-refractivity contribution < 1.29 is 9.59 Å². The highest BCUT2D eigenvalue weighted by Gasteiger charge is 2.15. The zero-order chi connectivity index (χ0) is 21.6. The van der Waals surface area contributed by atoms with Crippen molar-refractivity contribution >= 4 is 34.3 Å². The Morgan fingerprint density at radius 2 is 1.61 bits per heavy atom. The number of ketones is 1. The van der Waals surface area contributed by atoms with Crippen LogP contribution in [0.1, 0.15) is 28.2 Å². The fraction of sp³-hybridized carbons (Fsp3) is 0.160. The number of aromatic nitrogens is 2. The summed E-state index contributed by atoms with van der Waals surface area (Å²) in [5.41, 5.74) is 3.36. The molecule has 1 amide bonds. The molecule has 1 heterocycles. The highest BCUT2D eigenvalue weighted by molar-refractivity contribution is 6.30. The van der Waals surface area contributed by atoms with E-state index in [0.29, 0.717) is 29.3 Å². The summed E-state index contributed by atoms with van der Waals surface area (Å²) < 4.78 is 1.86. The van der Waals surface area contributed by atoms with Gasteiger partial charge in [0.2, 0.25) is 5.91 Å². The number of imidazole rings is 1. The summed E-state index contributed by atoms with van der Waals surface area (Å²) in [4.78, 5) is 29.8. The monoisotopic (exact) mass is 431 g/mol. The first-order valence-corrected chi connectivity index (χ1v) is 10.5. The number of carbonyl (C=O) groups excluding carboxylic acids is 2. The van der Waals surface area contributed by atoms with E-state index in [2.05, 4.69) is 10.3 Å². The molecule has 31 heavy (non-hydrogen) atoms. The van der Waals surface area contributed by atoms with Gasteiger partial charge in [-0.25, -0.2) is 4.98 Å². The van der Waals surface area contributed by atoms with Crippen molar-refractivity contribution in [2.75, 3.05) is 0 Å². The first kappa shape index (κ1) is 20.8. The third-order valence-electron chi connectivity index (χ3n) is 5.13. The van der Waals surface area contributed by atoms with Crippen LogP contribution in [-0.2, 0) is 24.3 Å². The molecule has 0 spiro atoms. The molecule has 5 nitrogen and oxygen atoms in total. The Morgan fingerprint density at radius 3 is 2.39 bits per heavy atom. The molecule has 3 aromatic carbocycles. The van der Waals surface area contributed by atoms with Crippen molar-refractivity contribution in [1.82, 2.24) is 14.9 Å². The minimum atomic E-state index is -0.0495. The Labute approximate surface area is 185 Å². The fourth-order valence-electron chi connectivity index (χ4n) is 3.48. The average Bonchev–Trinajstić information content (AvgIpc) is 3.14. The second-order valence-electron chi connectivity index (χ2n) is 7.30. The number of amides is 1. The number of Topliss-reactive ketones (excluding diaryl/α,β-unsaturated/α-hetero) is 1. The van der Waals surface area contributed by atoms with Gasteiger partial charge in [0.1, 0.15) is 5.82 Å². The SMILES string of the molecule is O=C(CCc1ccccc1)NCc1nc2ccccc2n1CC(=O)c1ccc(Cl)cc1. The maximum absolute atomic E-state index is 12.8. The van der Waals surface area contributed by atoms with Crippen molar-refractivity contribution in [3.8, 4) is 0 Å². The highest BCUT2D eigenvalue weighted by atomic mass is 35.5. The summed E-state index contributed by atoms with van der Waals surface area (Å²) in [5.74, 6) is 0.555. The largest absolute Gasteiger partial charge is 0.349 e. The number of rotatable bonds is 8. The van der Waals surface area contributed by atoms with Gasteiger partial charge in [-0.1, -0.05) is 54.1 Å². The molecule has 4 rings (SSSR count). The predicted molar refractivity (Wildman–Crippen MR) is 122 cm³/mol. The molecule has 0 aliphatic heterocycles. The van der Waals surface area contributed by atoms with Gasteiger partial charge in [0.25, 0.3) is 0 Å². The van der Waals surface area contributed by atoms with Crippen molar-refractivity contribution in [1.29, 1.82) is 0 Å². The van der Waals surface area contributed by atoms with E-state index < -0.39 is 0 Å². The first-order valence-electron chi connectivity index (χ1n) is 10.1. The first-order chi connectivity index (χ1) is 15.1. The number of halogens is 1. The highest BCUT2D eigenvalue weighted by Crippen LogP contribution is 2.18. The van der Waals surface area contributed by atoms with Gasteiger partial charge in [-0.05, 0) is 48.4 Å². The Hall–Kier alpha value is -3.44. The van der Waals surface area contributed by atoms with Crippen LogP contribution in [-0.4, -0.2) is 21.2 Å². The summed E-state index contributed by atoms with van der Waals surface area (Å²) in [6.07, 6.45) is 1.08.